The van der Waals surface area contributed by atoms with Crippen LogP contribution in [-0.4, -0.2) is 36.0 Å². The highest BCUT2D eigenvalue weighted by Gasteiger charge is 2.35. The second-order valence-corrected chi connectivity index (χ2v) is 6.04. The number of nitrogens with one attached hydrogen (secondary N) is 1. The van der Waals surface area contributed by atoms with E-state index in [0.717, 1.165) is 30.9 Å². The summed E-state index contributed by atoms with van der Waals surface area (Å²) in [6, 6.07) is 3.05. The maximum Gasteiger partial charge on any atom is 0.193 e. The predicted molar refractivity (Wildman–Crippen MR) is 96.8 cm³/mol. The minimum absolute atomic E-state index is 0. The Morgan fingerprint density at radius 2 is 2.05 bits per heavy atom. The molecular formula is C16H24FIN4. The van der Waals surface area contributed by atoms with Crippen LogP contribution in [0, 0.1) is 17.7 Å². The van der Waals surface area contributed by atoms with E-state index in [1.54, 1.807) is 19.3 Å². The number of fused-ring (bicyclic) bond motifs is 1. The lowest BCUT2D eigenvalue weighted by atomic mass is 9.82. The lowest BCUT2D eigenvalue weighted by Crippen LogP contribution is -2.40. The number of halogens is 2. The highest BCUT2D eigenvalue weighted by atomic mass is 127. The Balaban J connectivity index is 0.00000176. The maximum atomic E-state index is 13.6. The second kappa shape index (κ2) is 8.08. The fraction of sp³-hybridized carbons (Fsp3) is 0.625. The lowest BCUT2D eigenvalue weighted by Gasteiger charge is -2.22. The topological polar surface area (TPSA) is 40.5 Å². The number of pyridine rings is 1. The van der Waals surface area contributed by atoms with Gasteiger partial charge in [-0.05, 0) is 36.8 Å². The first kappa shape index (κ1) is 17.4. The van der Waals surface area contributed by atoms with Gasteiger partial charge in [0.1, 0.15) is 5.82 Å². The van der Waals surface area contributed by atoms with Crippen LogP contribution in [0.5, 0.6) is 0 Å². The van der Waals surface area contributed by atoms with Crippen molar-refractivity contribution >= 4 is 29.9 Å². The molecule has 1 aliphatic heterocycles. The molecule has 1 aliphatic carbocycles. The van der Waals surface area contributed by atoms with Gasteiger partial charge in [-0.15, -0.1) is 24.0 Å². The Kier molecular flexibility index (Phi) is 6.40. The molecule has 22 heavy (non-hydrogen) atoms. The van der Waals surface area contributed by atoms with Gasteiger partial charge in [-0.1, -0.05) is 12.8 Å². The minimum atomic E-state index is -0.268. The number of guanidine groups is 1. The zero-order chi connectivity index (χ0) is 14.7. The van der Waals surface area contributed by atoms with Crippen LogP contribution in [-0.2, 0) is 6.54 Å². The average molecular weight is 418 g/mol. The van der Waals surface area contributed by atoms with Crippen molar-refractivity contribution < 1.29 is 4.39 Å². The molecule has 2 unspecified atom stereocenters. The molecule has 2 heterocycles. The summed E-state index contributed by atoms with van der Waals surface area (Å²) >= 11 is 0. The van der Waals surface area contributed by atoms with E-state index in [-0.39, 0.29) is 29.8 Å². The SMILES string of the molecule is CN=C(NCc1ncccc1F)N1CC2CCCCC2C1.I. The molecule has 122 valence electrons. The average Bonchev–Trinajstić information content (AvgIpc) is 2.93. The van der Waals surface area contributed by atoms with Crippen LogP contribution < -0.4 is 5.32 Å². The summed E-state index contributed by atoms with van der Waals surface area (Å²) in [7, 11) is 1.79. The summed E-state index contributed by atoms with van der Waals surface area (Å²) in [5, 5.41) is 3.25. The molecule has 2 aliphatic rings. The van der Waals surface area contributed by atoms with Crippen molar-refractivity contribution in [1.29, 1.82) is 0 Å². The van der Waals surface area contributed by atoms with Crippen LogP contribution in [0.15, 0.2) is 23.3 Å². The van der Waals surface area contributed by atoms with Gasteiger partial charge in [0.15, 0.2) is 5.96 Å². The van der Waals surface area contributed by atoms with Gasteiger partial charge in [0, 0.05) is 26.3 Å². The third-order valence-electron chi connectivity index (χ3n) is 4.74. The van der Waals surface area contributed by atoms with Gasteiger partial charge >= 0.3 is 0 Å². The Morgan fingerprint density at radius 1 is 1.36 bits per heavy atom. The Labute approximate surface area is 148 Å². The molecule has 1 aromatic heterocycles. The first-order valence-electron chi connectivity index (χ1n) is 7.83. The van der Waals surface area contributed by atoms with Crippen molar-refractivity contribution in [2.75, 3.05) is 20.1 Å². The fourth-order valence-electron chi connectivity index (χ4n) is 3.62. The maximum absolute atomic E-state index is 13.6. The molecule has 0 spiro atoms. The van der Waals surface area contributed by atoms with Gasteiger partial charge < -0.3 is 10.2 Å². The molecule has 1 saturated heterocycles. The Hall–Kier alpha value is -0.920. The summed E-state index contributed by atoms with van der Waals surface area (Å²) in [5.41, 5.74) is 0.440. The molecule has 4 nitrogen and oxygen atoms in total. The van der Waals surface area contributed by atoms with Gasteiger partial charge in [0.05, 0.1) is 12.2 Å². The van der Waals surface area contributed by atoms with Crippen LogP contribution in [0.1, 0.15) is 31.4 Å². The molecule has 3 rings (SSSR count). The largest absolute Gasteiger partial charge is 0.350 e. The highest BCUT2D eigenvalue weighted by molar-refractivity contribution is 14.0. The van der Waals surface area contributed by atoms with E-state index in [0.29, 0.717) is 12.2 Å². The van der Waals surface area contributed by atoms with E-state index in [1.807, 2.05) is 0 Å². The van der Waals surface area contributed by atoms with Crippen LogP contribution in [0.3, 0.4) is 0 Å². The van der Waals surface area contributed by atoms with Crippen LogP contribution in [0.25, 0.3) is 0 Å². The first-order chi connectivity index (χ1) is 10.3. The van der Waals surface area contributed by atoms with Crippen molar-refractivity contribution in [3.8, 4) is 0 Å². The van der Waals surface area contributed by atoms with Gasteiger partial charge in [-0.2, -0.15) is 0 Å². The van der Waals surface area contributed by atoms with Crippen LogP contribution in [0.4, 0.5) is 4.39 Å². The molecule has 0 aromatic carbocycles. The quantitative estimate of drug-likeness (QED) is 0.456. The molecule has 0 bridgehead atoms. The Morgan fingerprint density at radius 3 is 2.64 bits per heavy atom. The van der Waals surface area contributed by atoms with Gasteiger partial charge in [0.2, 0.25) is 0 Å². The third-order valence-corrected chi connectivity index (χ3v) is 4.74. The third kappa shape index (κ3) is 3.88. The normalized spacial score (nSPS) is 24.6. The predicted octanol–water partition coefficient (Wildman–Crippen LogP) is 3.04. The summed E-state index contributed by atoms with van der Waals surface area (Å²) in [4.78, 5) is 10.7. The van der Waals surface area contributed by atoms with Crippen molar-refractivity contribution in [2.45, 2.75) is 32.2 Å². The molecule has 6 heteroatoms. The number of likely N-dealkylation sites (tertiary alicyclic amines) is 1. The zero-order valence-corrected chi connectivity index (χ0v) is 15.3. The van der Waals surface area contributed by atoms with Crippen molar-refractivity contribution in [2.24, 2.45) is 16.8 Å². The van der Waals surface area contributed by atoms with Crippen LogP contribution in [0.2, 0.25) is 0 Å². The van der Waals surface area contributed by atoms with Gasteiger partial charge in [-0.25, -0.2) is 4.39 Å². The van der Waals surface area contributed by atoms with Gasteiger partial charge in [-0.3, -0.25) is 9.98 Å². The fourth-order valence-corrected chi connectivity index (χ4v) is 3.62. The van der Waals surface area contributed by atoms with Crippen molar-refractivity contribution in [3.63, 3.8) is 0 Å². The van der Waals surface area contributed by atoms with Crippen molar-refractivity contribution in [3.05, 3.63) is 29.8 Å². The van der Waals surface area contributed by atoms with Gasteiger partial charge in [0.25, 0.3) is 0 Å². The number of aliphatic imine (C=N–C) groups is 1. The molecule has 1 aromatic rings. The molecule has 2 atom stereocenters. The Bertz CT molecular complexity index is 509. The molecule has 0 amide bonds. The van der Waals surface area contributed by atoms with E-state index >= 15 is 0 Å². The highest BCUT2D eigenvalue weighted by Crippen LogP contribution is 2.35. The smallest absolute Gasteiger partial charge is 0.193 e. The first-order valence-corrected chi connectivity index (χ1v) is 7.83. The molecule has 1 N–H and O–H groups in total. The number of hydrogen-bond acceptors (Lipinski definition) is 2. The number of hydrogen-bond donors (Lipinski definition) is 1. The summed E-state index contributed by atoms with van der Waals surface area (Å²) in [6.07, 6.45) is 7.02. The van der Waals surface area contributed by atoms with E-state index in [4.69, 9.17) is 0 Å². The summed E-state index contributed by atoms with van der Waals surface area (Å²) in [5.74, 6) is 2.22. The summed E-state index contributed by atoms with van der Waals surface area (Å²) < 4.78 is 13.6. The number of rotatable bonds is 2. The van der Waals surface area contributed by atoms with Crippen LogP contribution >= 0.6 is 24.0 Å². The second-order valence-electron chi connectivity index (χ2n) is 6.04. The monoisotopic (exact) mass is 418 g/mol. The minimum Gasteiger partial charge on any atom is -0.350 e. The molecule has 1 saturated carbocycles. The van der Waals surface area contributed by atoms with Crippen molar-refractivity contribution in [1.82, 2.24) is 15.2 Å². The van der Waals surface area contributed by atoms with E-state index < -0.39 is 0 Å². The molecule has 0 radical (unpaired) electrons. The summed E-state index contributed by atoms with van der Waals surface area (Å²) in [6.45, 7) is 2.54. The zero-order valence-electron chi connectivity index (χ0n) is 13.0. The van der Waals surface area contributed by atoms with E-state index in [9.17, 15) is 4.39 Å². The molecular weight excluding hydrogens is 394 g/mol. The number of aromatic nitrogens is 1. The lowest BCUT2D eigenvalue weighted by molar-refractivity contribution is 0.299. The standard InChI is InChI=1S/C16H23FN4.HI/c1-18-16(20-9-15-14(17)7-4-8-19-15)21-10-12-5-2-3-6-13(12)11-21;/h4,7-8,12-13H,2-3,5-6,9-11H2,1H3,(H,18,20);1H. The number of nitrogens with zero attached hydrogens (tertiary/aromatic N) is 3. The van der Waals surface area contributed by atoms with E-state index in [2.05, 4.69) is 20.2 Å². The molecule has 2 fully saturated rings. The van der Waals surface area contributed by atoms with E-state index in [1.165, 1.54) is 31.7 Å².